The summed E-state index contributed by atoms with van der Waals surface area (Å²) in [7, 11) is 3.64. The molecular weight excluding hydrogens is 556 g/mol. The predicted octanol–water partition coefficient (Wildman–Crippen LogP) is 6.80. The molecule has 4 heterocycles. The van der Waals surface area contributed by atoms with E-state index in [1.54, 1.807) is 19.5 Å². The van der Waals surface area contributed by atoms with E-state index in [1.807, 2.05) is 17.8 Å². The highest BCUT2D eigenvalue weighted by molar-refractivity contribution is 5.86. The summed E-state index contributed by atoms with van der Waals surface area (Å²) in [6.07, 6.45) is 13.0. The van der Waals surface area contributed by atoms with Crippen LogP contribution in [0, 0.1) is 47.3 Å². The monoisotopic (exact) mass is 612 g/mol. The first kappa shape index (κ1) is 33.4. The third-order valence-electron chi connectivity index (χ3n) is 11.7. The van der Waals surface area contributed by atoms with Crippen LogP contribution in [0.15, 0.2) is 30.2 Å². The average Bonchev–Trinajstić information content (AvgIpc) is 3.58. The molecular formula is C36H56N2O6. The van der Waals surface area contributed by atoms with Crippen molar-refractivity contribution in [2.45, 2.75) is 104 Å². The number of fused-ring (bicyclic) bond motifs is 3. The fourth-order valence-corrected chi connectivity index (χ4v) is 8.32. The van der Waals surface area contributed by atoms with Crippen molar-refractivity contribution >= 4 is 12.0 Å². The lowest BCUT2D eigenvalue weighted by Gasteiger charge is -2.45. The summed E-state index contributed by atoms with van der Waals surface area (Å²) in [6, 6.07) is 0. The number of hydrogen-bond acceptors (Lipinski definition) is 7. The second-order valence-corrected chi connectivity index (χ2v) is 14.9. The summed E-state index contributed by atoms with van der Waals surface area (Å²) in [4.78, 5) is 17.6. The summed E-state index contributed by atoms with van der Waals surface area (Å²) >= 11 is 0. The predicted molar refractivity (Wildman–Crippen MR) is 170 cm³/mol. The zero-order chi connectivity index (χ0) is 31.8. The van der Waals surface area contributed by atoms with Crippen LogP contribution in [0.5, 0.6) is 0 Å². The molecule has 8 heteroatoms. The summed E-state index contributed by atoms with van der Waals surface area (Å²) in [6.45, 7) is 17.0. The molecule has 0 aromatic carbocycles. The second kappa shape index (κ2) is 13.4. The Morgan fingerprint density at radius 2 is 1.93 bits per heavy atom. The Balaban J connectivity index is 1.47. The number of hydrogen-bond donors (Lipinski definition) is 0. The zero-order valence-corrected chi connectivity index (χ0v) is 28.5. The number of aromatic nitrogens is 2. The molecule has 2 saturated heterocycles. The van der Waals surface area contributed by atoms with Gasteiger partial charge in [0.15, 0.2) is 12.1 Å². The number of nitrogens with zero attached hydrogens (tertiary/aromatic N) is 2. The summed E-state index contributed by atoms with van der Waals surface area (Å²) in [5, 5.41) is 0. The van der Waals surface area contributed by atoms with Gasteiger partial charge >= 0.3 is 5.97 Å². The zero-order valence-electron chi connectivity index (χ0n) is 28.5. The van der Waals surface area contributed by atoms with Gasteiger partial charge in [0.05, 0.1) is 25.2 Å². The van der Waals surface area contributed by atoms with Crippen LogP contribution in [0.4, 0.5) is 0 Å². The molecule has 5 rings (SSSR count). The number of esters is 1. The fourth-order valence-electron chi connectivity index (χ4n) is 8.32. The van der Waals surface area contributed by atoms with Crippen molar-refractivity contribution in [1.29, 1.82) is 0 Å². The van der Waals surface area contributed by atoms with E-state index < -0.39 is 17.5 Å². The molecule has 1 aromatic heterocycles. The van der Waals surface area contributed by atoms with Crippen molar-refractivity contribution in [3.63, 3.8) is 0 Å². The Bertz CT molecular complexity index is 1210. The molecule has 2 bridgehead atoms. The van der Waals surface area contributed by atoms with E-state index in [4.69, 9.17) is 23.7 Å². The third-order valence-corrected chi connectivity index (χ3v) is 11.7. The minimum absolute atomic E-state index is 0.266. The van der Waals surface area contributed by atoms with Crippen molar-refractivity contribution < 1.29 is 28.5 Å². The first-order chi connectivity index (χ1) is 20.9. The van der Waals surface area contributed by atoms with Crippen molar-refractivity contribution in [3.05, 3.63) is 35.9 Å². The Hall–Kier alpha value is -2.00. The largest absolute Gasteiger partial charge is 0.456 e. The van der Waals surface area contributed by atoms with Gasteiger partial charge in [-0.25, -0.2) is 9.78 Å². The number of imidazole rings is 1. The van der Waals surface area contributed by atoms with E-state index in [0.29, 0.717) is 67.5 Å². The Morgan fingerprint density at radius 1 is 1.16 bits per heavy atom. The van der Waals surface area contributed by atoms with Crippen molar-refractivity contribution in [1.82, 2.24) is 9.55 Å². The van der Waals surface area contributed by atoms with Gasteiger partial charge in [0.25, 0.3) is 0 Å². The molecule has 1 aliphatic carbocycles. The number of carbonyl (C=O) groups excluding carboxylic acids is 1. The van der Waals surface area contributed by atoms with E-state index in [0.717, 1.165) is 17.7 Å². The lowest BCUT2D eigenvalue weighted by molar-refractivity contribution is -0.249. The molecule has 4 unspecified atom stereocenters. The van der Waals surface area contributed by atoms with E-state index >= 15 is 0 Å². The number of allylic oxidation sites excluding steroid dienone is 1. The highest BCUT2D eigenvalue weighted by atomic mass is 16.7. The molecule has 3 fully saturated rings. The van der Waals surface area contributed by atoms with Gasteiger partial charge in [0.1, 0.15) is 11.7 Å². The van der Waals surface area contributed by atoms with Gasteiger partial charge in [-0.15, -0.1) is 0 Å². The van der Waals surface area contributed by atoms with E-state index in [-0.39, 0.29) is 18.2 Å². The van der Waals surface area contributed by atoms with Gasteiger partial charge in [-0.2, -0.15) is 0 Å². The van der Waals surface area contributed by atoms with Crippen LogP contribution in [-0.4, -0.2) is 59.6 Å². The van der Waals surface area contributed by atoms with Crippen LogP contribution in [0.3, 0.4) is 0 Å². The Labute approximate surface area is 264 Å². The minimum atomic E-state index is -0.947. The molecule has 1 aromatic rings. The molecule has 0 N–H and O–H groups in total. The van der Waals surface area contributed by atoms with Crippen molar-refractivity contribution in [2.24, 2.45) is 54.4 Å². The maximum absolute atomic E-state index is 13.3. The smallest absolute Gasteiger partial charge is 0.331 e. The molecule has 0 amide bonds. The van der Waals surface area contributed by atoms with Crippen LogP contribution >= 0.6 is 0 Å². The van der Waals surface area contributed by atoms with Crippen LogP contribution in [0.2, 0.25) is 0 Å². The quantitative estimate of drug-likeness (QED) is 0.181. The fraction of sp³-hybridized carbons (Fsp3) is 0.778. The Morgan fingerprint density at radius 3 is 2.61 bits per heavy atom. The maximum Gasteiger partial charge on any atom is 0.331 e. The molecule has 1 saturated carbocycles. The first-order valence-electron chi connectivity index (χ1n) is 16.9. The van der Waals surface area contributed by atoms with E-state index in [2.05, 4.69) is 59.5 Å². The summed E-state index contributed by atoms with van der Waals surface area (Å²) < 4.78 is 34.4. The topological polar surface area (TPSA) is 81.0 Å². The Kier molecular flexibility index (Phi) is 10.2. The number of carbonyl (C=O) groups is 1. The standard InChI is InChI=1S/C36H56N2O6/c1-22(2)29-12-10-23(3)30-17-32(43-33(39)13-11-28-18-38(8)21-37-28)35(7)14-15-36(40-9,44-35)27(16-31(29)30)20-42-34-26(6)25(5)24(4)19-41-34/h11,13,16,18,21-26,29-32,34H,10,12,14-15,17,19-20H2,1-9H3/b13-11+,27-16-/t23-,24?,25?,26?,29+,30-,31+,32-,34?,35-,36+/m0/s1. The lowest BCUT2D eigenvalue weighted by Crippen LogP contribution is -2.47. The van der Waals surface area contributed by atoms with Crippen molar-refractivity contribution in [3.8, 4) is 0 Å². The lowest BCUT2D eigenvalue weighted by atomic mass is 9.61. The third kappa shape index (κ3) is 6.74. The summed E-state index contributed by atoms with van der Waals surface area (Å²) in [5.74, 6) is 2.14. The SMILES string of the molecule is CO[C@]12CC[C@](C)(O1)[C@@H](OC(=O)/C=C/c1cn(C)cn1)C[C@@H]1[C@H](/C=C\2COC2OCC(C)C(C)C2C)[C@@H](C(C)C)CC[C@@H]1C. The van der Waals surface area contributed by atoms with Gasteiger partial charge in [-0.05, 0) is 73.7 Å². The van der Waals surface area contributed by atoms with Crippen LogP contribution in [-0.2, 0) is 35.5 Å². The van der Waals surface area contributed by atoms with Gasteiger partial charge in [0, 0.05) is 44.3 Å². The second-order valence-electron chi connectivity index (χ2n) is 14.9. The highest BCUT2D eigenvalue weighted by Crippen LogP contribution is 2.53. The molecule has 4 aliphatic rings. The van der Waals surface area contributed by atoms with Gasteiger partial charge in [-0.3, -0.25) is 0 Å². The molecule has 11 atom stereocenters. The summed E-state index contributed by atoms with van der Waals surface area (Å²) in [5.41, 5.74) is 1.06. The van der Waals surface area contributed by atoms with Gasteiger partial charge < -0.3 is 28.3 Å². The normalized spacial score (nSPS) is 42.3. The maximum atomic E-state index is 13.3. The van der Waals surface area contributed by atoms with Crippen LogP contribution < -0.4 is 0 Å². The van der Waals surface area contributed by atoms with E-state index in [9.17, 15) is 4.79 Å². The molecule has 0 spiro atoms. The van der Waals surface area contributed by atoms with Crippen LogP contribution in [0.25, 0.3) is 6.08 Å². The average molecular weight is 613 g/mol. The highest BCUT2D eigenvalue weighted by Gasteiger charge is 2.57. The molecule has 8 nitrogen and oxygen atoms in total. The number of ether oxygens (including phenoxy) is 5. The van der Waals surface area contributed by atoms with Crippen molar-refractivity contribution in [2.75, 3.05) is 20.3 Å². The van der Waals surface area contributed by atoms with Gasteiger partial charge in [-0.1, -0.05) is 54.0 Å². The van der Waals surface area contributed by atoms with Crippen LogP contribution in [0.1, 0.15) is 86.3 Å². The molecule has 246 valence electrons. The number of rotatable bonds is 8. The molecule has 44 heavy (non-hydrogen) atoms. The first-order valence-corrected chi connectivity index (χ1v) is 16.9. The minimum Gasteiger partial charge on any atom is -0.456 e. The number of aryl methyl sites for hydroxylation is 1. The molecule has 0 radical (unpaired) electrons. The number of methoxy groups -OCH3 is 1. The van der Waals surface area contributed by atoms with Gasteiger partial charge in [0.2, 0.25) is 0 Å². The van der Waals surface area contributed by atoms with E-state index in [1.165, 1.54) is 18.9 Å². The molecule has 3 aliphatic heterocycles.